The number of methoxy groups -OCH3 is 1. The lowest BCUT2D eigenvalue weighted by Gasteiger charge is -2.22. The Morgan fingerprint density at radius 1 is 1.19 bits per heavy atom. The SMILES string of the molecule is COC(=O)C(Cc1ccc(NC(=O)CC#N)cc1)NC(=O)OC(C)(C)C. The van der Waals surface area contributed by atoms with Crippen LogP contribution in [0.15, 0.2) is 24.3 Å². The van der Waals surface area contributed by atoms with Crippen molar-refractivity contribution < 1.29 is 23.9 Å². The molecule has 1 atom stereocenters. The highest BCUT2D eigenvalue weighted by molar-refractivity contribution is 5.92. The maximum Gasteiger partial charge on any atom is 0.408 e. The Bertz CT molecular complexity index is 686. The van der Waals surface area contributed by atoms with Gasteiger partial charge in [-0.2, -0.15) is 5.26 Å². The second-order valence-corrected chi connectivity index (χ2v) is 6.51. The van der Waals surface area contributed by atoms with E-state index >= 15 is 0 Å². The summed E-state index contributed by atoms with van der Waals surface area (Å²) < 4.78 is 9.88. The van der Waals surface area contributed by atoms with Crippen LogP contribution in [0.1, 0.15) is 32.8 Å². The van der Waals surface area contributed by atoms with Crippen molar-refractivity contribution in [1.82, 2.24) is 5.32 Å². The third-order valence-corrected chi connectivity index (χ3v) is 3.09. The maximum absolute atomic E-state index is 11.9. The topological polar surface area (TPSA) is 118 Å². The van der Waals surface area contributed by atoms with E-state index in [1.165, 1.54) is 7.11 Å². The molecule has 0 aromatic heterocycles. The Labute approximate surface area is 152 Å². The van der Waals surface area contributed by atoms with Gasteiger partial charge in [-0.05, 0) is 38.5 Å². The normalized spacial score (nSPS) is 11.7. The molecule has 1 rings (SSSR count). The fourth-order valence-corrected chi connectivity index (χ4v) is 2.02. The Balaban J connectivity index is 2.76. The number of ether oxygens (including phenoxy) is 2. The molecular weight excluding hydrogens is 338 g/mol. The van der Waals surface area contributed by atoms with Gasteiger partial charge in [-0.25, -0.2) is 9.59 Å². The van der Waals surface area contributed by atoms with Crippen LogP contribution in [-0.4, -0.2) is 36.7 Å². The van der Waals surface area contributed by atoms with E-state index in [2.05, 4.69) is 10.6 Å². The zero-order valence-electron chi connectivity index (χ0n) is 15.3. The number of amides is 2. The Hall–Kier alpha value is -3.08. The standard InChI is InChI=1S/C18H23N3O5/c1-18(2,3)26-17(24)21-14(16(23)25-4)11-12-5-7-13(8-6-12)20-15(22)9-10-19/h5-8,14H,9,11H2,1-4H3,(H,20,22)(H,21,24). The minimum absolute atomic E-state index is 0.193. The number of hydrogen-bond donors (Lipinski definition) is 2. The van der Waals surface area contributed by atoms with Gasteiger partial charge in [-0.3, -0.25) is 4.79 Å². The number of nitrogens with one attached hydrogen (secondary N) is 2. The van der Waals surface area contributed by atoms with Crippen LogP contribution in [0.4, 0.5) is 10.5 Å². The zero-order chi connectivity index (χ0) is 19.7. The monoisotopic (exact) mass is 361 g/mol. The average molecular weight is 361 g/mol. The summed E-state index contributed by atoms with van der Waals surface area (Å²) in [5.41, 5.74) is 0.590. The van der Waals surface area contributed by atoms with Gasteiger partial charge in [0, 0.05) is 12.1 Å². The van der Waals surface area contributed by atoms with Crippen molar-refractivity contribution in [2.75, 3.05) is 12.4 Å². The molecule has 8 nitrogen and oxygen atoms in total. The lowest BCUT2D eigenvalue weighted by Crippen LogP contribution is -2.45. The van der Waals surface area contributed by atoms with Crippen LogP contribution in [-0.2, 0) is 25.5 Å². The van der Waals surface area contributed by atoms with Gasteiger partial charge < -0.3 is 20.1 Å². The van der Waals surface area contributed by atoms with E-state index in [-0.39, 0.29) is 12.8 Å². The summed E-state index contributed by atoms with van der Waals surface area (Å²) in [5.74, 6) is -0.999. The van der Waals surface area contributed by atoms with Crippen molar-refractivity contribution in [2.45, 2.75) is 45.3 Å². The molecule has 140 valence electrons. The molecular formula is C18H23N3O5. The summed E-state index contributed by atoms with van der Waals surface area (Å²) in [6, 6.07) is 7.55. The van der Waals surface area contributed by atoms with Crippen molar-refractivity contribution >= 4 is 23.7 Å². The molecule has 0 aliphatic rings. The van der Waals surface area contributed by atoms with E-state index in [4.69, 9.17) is 14.7 Å². The molecule has 0 heterocycles. The first kappa shape index (κ1) is 21.0. The molecule has 0 spiro atoms. The molecule has 1 aromatic rings. The number of carbonyl (C=O) groups is 3. The van der Waals surface area contributed by atoms with Gasteiger partial charge in [0.2, 0.25) is 5.91 Å². The molecule has 0 saturated carbocycles. The van der Waals surface area contributed by atoms with Crippen LogP contribution in [0.2, 0.25) is 0 Å². The fraction of sp³-hybridized carbons (Fsp3) is 0.444. The highest BCUT2D eigenvalue weighted by Gasteiger charge is 2.25. The van der Waals surface area contributed by atoms with Gasteiger partial charge >= 0.3 is 12.1 Å². The number of alkyl carbamates (subject to hydrolysis) is 1. The number of esters is 1. The van der Waals surface area contributed by atoms with Crippen molar-refractivity contribution in [3.63, 3.8) is 0 Å². The molecule has 0 aliphatic carbocycles. The molecule has 2 amide bonds. The summed E-state index contributed by atoms with van der Waals surface area (Å²) >= 11 is 0. The first-order chi connectivity index (χ1) is 12.1. The summed E-state index contributed by atoms with van der Waals surface area (Å²) in [4.78, 5) is 35.2. The van der Waals surface area contributed by atoms with Crippen molar-refractivity contribution in [1.29, 1.82) is 5.26 Å². The molecule has 26 heavy (non-hydrogen) atoms. The van der Waals surface area contributed by atoms with Gasteiger partial charge in [0.1, 0.15) is 18.1 Å². The summed E-state index contributed by atoms with van der Waals surface area (Å²) in [7, 11) is 1.24. The highest BCUT2D eigenvalue weighted by Crippen LogP contribution is 2.13. The molecule has 2 N–H and O–H groups in total. The largest absolute Gasteiger partial charge is 0.467 e. The van der Waals surface area contributed by atoms with Crippen LogP contribution >= 0.6 is 0 Å². The van der Waals surface area contributed by atoms with E-state index in [1.807, 2.05) is 0 Å². The number of carbonyl (C=O) groups excluding carboxylic acids is 3. The predicted molar refractivity (Wildman–Crippen MR) is 94.2 cm³/mol. The van der Waals surface area contributed by atoms with Crippen molar-refractivity contribution in [2.24, 2.45) is 0 Å². The van der Waals surface area contributed by atoms with Crippen LogP contribution < -0.4 is 10.6 Å². The zero-order valence-corrected chi connectivity index (χ0v) is 15.3. The molecule has 1 unspecified atom stereocenters. The van der Waals surface area contributed by atoms with E-state index in [0.29, 0.717) is 5.69 Å². The maximum atomic E-state index is 11.9. The molecule has 8 heteroatoms. The Morgan fingerprint density at radius 2 is 1.81 bits per heavy atom. The van der Waals surface area contributed by atoms with Gasteiger partial charge in [0.15, 0.2) is 0 Å². The lowest BCUT2D eigenvalue weighted by atomic mass is 10.1. The Kier molecular flexibility index (Phi) is 7.59. The quantitative estimate of drug-likeness (QED) is 0.750. The summed E-state index contributed by atoms with van der Waals surface area (Å²) in [6.07, 6.45) is -0.752. The first-order valence-corrected chi connectivity index (χ1v) is 7.97. The minimum atomic E-state index is -0.908. The van der Waals surface area contributed by atoms with E-state index in [0.717, 1.165) is 5.56 Å². The van der Waals surface area contributed by atoms with Gasteiger partial charge in [0.25, 0.3) is 0 Å². The third kappa shape index (κ3) is 7.66. The molecule has 0 bridgehead atoms. The number of nitriles is 1. The lowest BCUT2D eigenvalue weighted by molar-refractivity contribution is -0.143. The number of rotatable bonds is 6. The number of anilines is 1. The minimum Gasteiger partial charge on any atom is -0.467 e. The van der Waals surface area contributed by atoms with E-state index in [1.54, 1.807) is 51.1 Å². The number of benzene rings is 1. The van der Waals surface area contributed by atoms with Crippen molar-refractivity contribution in [3.05, 3.63) is 29.8 Å². The van der Waals surface area contributed by atoms with Crippen molar-refractivity contribution in [3.8, 4) is 6.07 Å². The van der Waals surface area contributed by atoms with Gasteiger partial charge in [0.05, 0.1) is 13.2 Å². The highest BCUT2D eigenvalue weighted by atomic mass is 16.6. The Morgan fingerprint density at radius 3 is 2.31 bits per heavy atom. The predicted octanol–water partition coefficient (Wildman–Crippen LogP) is 2.15. The van der Waals surface area contributed by atoms with Crippen LogP contribution in [0.25, 0.3) is 0 Å². The van der Waals surface area contributed by atoms with Gasteiger partial charge in [-0.1, -0.05) is 12.1 Å². The molecule has 0 saturated heterocycles. The second kappa shape index (κ2) is 9.42. The second-order valence-electron chi connectivity index (χ2n) is 6.51. The summed E-state index contributed by atoms with van der Waals surface area (Å²) in [5, 5.41) is 13.5. The molecule has 0 fully saturated rings. The molecule has 0 radical (unpaired) electrons. The van der Waals surface area contributed by atoms with E-state index in [9.17, 15) is 14.4 Å². The average Bonchev–Trinajstić information content (AvgIpc) is 2.53. The number of nitrogens with zero attached hydrogens (tertiary/aromatic N) is 1. The molecule has 1 aromatic carbocycles. The molecule has 0 aliphatic heterocycles. The number of hydrogen-bond acceptors (Lipinski definition) is 6. The van der Waals surface area contributed by atoms with E-state index < -0.39 is 29.6 Å². The fourth-order valence-electron chi connectivity index (χ4n) is 2.02. The van der Waals surface area contributed by atoms with Gasteiger partial charge in [-0.15, -0.1) is 0 Å². The first-order valence-electron chi connectivity index (χ1n) is 7.97. The smallest absolute Gasteiger partial charge is 0.408 e. The third-order valence-electron chi connectivity index (χ3n) is 3.09. The van der Waals surface area contributed by atoms with Crippen LogP contribution in [0.5, 0.6) is 0 Å². The van der Waals surface area contributed by atoms with Crippen LogP contribution in [0.3, 0.4) is 0 Å². The van der Waals surface area contributed by atoms with Crippen LogP contribution in [0, 0.1) is 11.3 Å². The summed E-state index contributed by atoms with van der Waals surface area (Å²) in [6.45, 7) is 5.16.